The van der Waals surface area contributed by atoms with Crippen LogP contribution in [-0.2, 0) is 10.0 Å². The number of hydrogen-bond acceptors (Lipinski definition) is 9. The molecule has 12 nitrogen and oxygen atoms in total. The van der Waals surface area contributed by atoms with E-state index in [0.717, 1.165) is 30.7 Å². The summed E-state index contributed by atoms with van der Waals surface area (Å²) in [7, 11) is -3.62. The minimum absolute atomic E-state index is 0.174. The molecule has 0 saturated carbocycles. The number of benzene rings is 1. The summed E-state index contributed by atoms with van der Waals surface area (Å²) < 4.78 is 28.1. The second-order valence-electron chi connectivity index (χ2n) is 10.5. The standard InChI is InChI=1S/C25H30ClN7O5S/c1-39(37,38)29-19-6-5-15(26)8-18(19)25(36)32-7-3-2-4-21(32)20-9-23-27-22(30-11-16(34)12-30)10-24(33(23)28-20)31-13-17(35)14-31/h5-6,8-10,16-17,21,29,34-35H,2-4,7,11-14H2,1H3. The number of aliphatic hydroxyl groups is 2. The number of aromatic nitrogens is 3. The van der Waals surface area contributed by atoms with Crippen LogP contribution in [0.2, 0.25) is 5.02 Å². The van der Waals surface area contributed by atoms with E-state index >= 15 is 0 Å². The molecule has 3 aliphatic rings. The molecule has 3 aromatic rings. The Labute approximate surface area is 230 Å². The fraction of sp³-hybridized carbons (Fsp3) is 0.480. The molecular formula is C25H30ClN7O5S. The fourth-order valence-corrected chi connectivity index (χ4v) is 6.17. The van der Waals surface area contributed by atoms with Crippen molar-refractivity contribution < 1.29 is 23.4 Å². The zero-order chi connectivity index (χ0) is 27.5. The monoisotopic (exact) mass is 575 g/mol. The van der Waals surface area contributed by atoms with Gasteiger partial charge in [-0.2, -0.15) is 9.61 Å². The smallest absolute Gasteiger partial charge is 0.256 e. The van der Waals surface area contributed by atoms with Gasteiger partial charge in [-0.3, -0.25) is 9.52 Å². The summed E-state index contributed by atoms with van der Waals surface area (Å²) in [6, 6.07) is 7.96. The minimum atomic E-state index is -3.62. The summed E-state index contributed by atoms with van der Waals surface area (Å²) in [4.78, 5) is 24.4. The molecule has 0 radical (unpaired) electrons. The van der Waals surface area contributed by atoms with Crippen LogP contribution < -0.4 is 14.5 Å². The van der Waals surface area contributed by atoms with Gasteiger partial charge in [-0.15, -0.1) is 0 Å². The summed E-state index contributed by atoms with van der Waals surface area (Å²) in [6.07, 6.45) is 2.65. The van der Waals surface area contributed by atoms with Crippen molar-refractivity contribution in [2.24, 2.45) is 0 Å². The summed E-state index contributed by atoms with van der Waals surface area (Å²) in [5, 5.41) is 24.9. The van der Waals surface area contributed by atoms with Crippen LogP contribution in [0.1, 0.15) is 41.4 Å². The van der Waals surface area contributed by atoms with Crippen molar-refractivity contribution >= 4 is 50.5 Å². The molecule has 0 bridgehead atoms. The summed E-state index contributed by atoms with van der Waals surface area (Å²) in [6.45, 7) is 2.45. The molecule has 1 aromatic carbocycles. The van der Waals surface area contributed by atoms with Gasteiger partial charge in [0.15, 0.2) is 5.65 Å². The van der Waals surface area contributed by atoms with Gasteiger partial charge >= 0.3 is 0 Å². The highest BCUT2D eigenvalue weighted by Gasteiger charge is 2.34. The normalized spacial score (nSPS) is 20.7. The number of likely N-dealkylation sites (tertiary alicyclic amines) is 1. The van der Waals surface area contributed by atoms with Crippen molar-refractivity contribution in [3.8, 4) is 0 Å². The van der Waals surface area contributed by atoms with E-state index in [1.807, 2.05) is 21.9 Å². The number of carbonyl (C=O) groups is 1. The highest BCUT2D eigenvalue weighted by molar-refractivity contribution is 7.92. The van der Waals surface area contributed by atoms with Crippen LogP contribution in [0.5, 0.6) is 0 Å². The number of anilines is 3. The average molecular weight is 576 g/mol. The number of nitrogens with zero attached hydrogens (tertiary/aromatic N) is 6. The van der Waals surface area contributed by atoms with Crippen molar-refractivity contribution in [3.63, 3.8) is 0 Å². The zero-order valence-electron chi connectivity index (χ0n) is 21.4. The summed E-state index contributed by atoms with van der Waals surface area (Å²) in [5.74, 6) is 1.18. The highest BCUT2D eigenvalue weighted by atomic mass is 35.5. The summed E-state index contributed by atoms with van der Waals surface area (Å²) in [5.41, 5.74) is 1.64. The lowest BCUT2D eigenvalue weighted by Gasteiger charge is -2.40. The van der Waals surface area contributed by atoms with Gasteiger partial charge in [0, 0.05) is 49.9 Å². The molecule has 1 amide bonds. The van der Waals surface area contributed by atoms with Crippen LogP contribution in [0.4, 0.5) is 17.3 Å². The first-order chi connectivity index (χ1) is 18.6. The Kier molecular flexibility index (Phi) is 6.57. The number of sulfonamides is 1. The van der Waals surface area contributed by atoms with Crippen molar-refractivity contribution in [2.75, 3.05) is 53.5 Å². The lowest BCUT2D eigenvalue weighted by atomic mass is 9.98. The SMILES string of the molecule is CS(=O)(=O)Nc1ccc(Cl)cc1C(=O)N1CCCCC1c1cc2nc(N3CC(O)C3)cc(N3CC(O)C3)n2n1. The van der Waals surface area contributed by atoms with Gasteiger partial charge in [0.1, 0.15) is 11.6 Å². The van der Waals surface area contributed by atoms with Crippen molar-refractivity contribution in [3.05, 3.63) is 46.6 Å². The van der Waals surface area contributed by atoms with Crippen LogP contribution in [-0.4, -0.2) is 95.2 Å². The predicted octanol–water partition coefficient (Wildman–Crippen LogP) is 1.48. The number of piperidine rings is 1. The Bertz CT molecular complexity index is 1540. The molecule has 1 unspecified atom stereocenters. The number of halogens is 1. The first-order valence-electron chi connectivity index (χ1n) is 12.9. The Morgan fingerprint density at radius 3 is 2.46 bits per heavy atom. The Balaban J connectivity index is 1.37. The number of nitrogens with one attached hydrogen (secondary N) is 1. The molecule has 14 heteroatoms. The zero-order valence-corrected chi connectivity index (χ0v) is 22.9. The van der Waals surface area contributed by atoms with Crippen molar-refractivity contribution in [1.29, 1.82) is 0 Å². The molecule has 3 fully saturated rings. The van der Waals surface area contributed by atoms with Crippen molar-refractivity contribution in [2.45, 2.75) is 37.5 Å². The molecule has 39 heavy (non-hydrogen) atoms. The minimum Gasteiger partial charge on any atom is -0.389 e. The Morgan fingerprint density at radius 1 is 1.05 bits per heavy atom. The molecular weight excluding hydrogens is 546 g/mol. The number of fused-ring (bicyclic) bond motifs is 1. The second kappa shape index (κ2) is 9.81. The third kappa shape index (κ3) is 5.11. The number of hydrogen-bond donors (Lipinski definition) is 3. The van der Waals surface area contributed by atoms with Crippen LogP contribution in [0, 0.1) is 0 Å². The third-order valence-electron chi connectivity index (χ3n) is 7.40. The van der Waals surface area contributed by atoms with E-state index in [0.29, 0.717) is 55.5 Å². The number of carbonyl (C=O) groups excluding carboxylic acids is 1. The van der Waals surface area contributed by atoms with Crippen LogP contribution >= 0.6 is 11.6 Å². The quantitative estimate of drug-likeness (QED) is 0.398. The molecule has 0 spiro atoms. The molecule has 208 valence electrons. The molecule has 3 aliphatic heterocycles. The maximum atomic E-state index is 13.9. The topological polar surface area (TPSA) is 144 Å². The van der Waals surface area contributed by atoms with Crippen LogP contribution in [0.3, 0.4) is 0 Å². The van der Waals surface area contributed by atoms with E-state index in [2.05, 4.69) is 4.72 Å². The Hall–Kier alpha value is -3.13. The van der Waals surface area contributed by atoms with Crippen molar-refractivity contribution in [1.82, 2.24) is 19.5 Å². The van der Waals surface area contributed by atoms with E-state index in [-0.39, 0.29) is 29.3 Å². The predicted molar refractivity (Wildman–Crippen MR) is 147 cm³/mol. The fourth-order valence-electron chi connectivity index (χ4n) is 5.42. The van der Waals surface area contributed by atoms with Gasteiger partial charge in [-0.05, 0) is 37.5 Å². The van der Waals surface area contributed by atoms with Gasteiger partial charge in [0.05, 0.1) is 41.5 Å². The average Bonchev–Trinajstić information content (AvgIpc) is 3.28. The third-order valence-corrected chi connectivity index (χ3v) is 8.22. The molecule has 6 rings (SSSR count). The molecule has 1 atom stereocenters. The lowest BCUT2D eigenvalue weighted by Crippen LogP contribution is -2.53. The number of β-amino-alcohol motifs (C(OH)–C–C–N with tert-alkyl or cyclic N) is 2. The Morgan fingerprint density at radius 2 is 1.77 bits per heavy atom. The lowest BCUT2D eigenvalue weighted by molar-refractivity contribution is 0.0606. The number of amides is 1. The maximum Gasteiger partial charge on any atom is 0.256 e. The van der Waals surface area contributed by atoms with E-state index in [9.17, 15) is 23.4 Å². The molecule has 5 heterocycles. The van der Waals surface area contributed by atoms with Gasteiger partial charge in [0.25, 0.3) is 5.91 Å². The van der Waals surface area contributed by atoms with Gasteiger partial charge < -0.3 is 24.9 Å². The number of rotatable bonds is 6. The largest absolute Gasteiger partial charge is 0.389 e. The van der Waals surface area contributed by atoms with E-state index in [1.54, 1.807) is 9.42 Å². The highest BCUT2D eigenvalue weighted by Crippen LogP contribution is 2.36. The first-order valence-corrected chi connectivity index (χ1v) is 15.2. The molecule has 2 aromatic heterocycles. The first kappa shape index (κ1) is 26.1. The summed E-state index contributed by atoms with van der Waals surface area (Å²) >= 11 is 6.21. The molecule has 3 saturated heterocycles. The van der Waals surface area contributed by atoms with Crippen LogP contribution in [0.15, 0.2) is 30.3 Å². The van der Waals surface area contributed by atoms with E-state index in [1.165, 1.54) is 18.2 Å². The number of aliphatic hydroxyl groups excluding tert-OH is 2. The maximum absolute atomic E-state index is 13.9. The van der Waals surface area contributed by atoms with Gasteiger partial charge in [-0.1, -0.05) is 11.6 Å². The van der Waals surface area contributed by atoms with Crippen LogP contribution in [0.25, 0.3) is 5.65 Å². The molecule has 3 N–H and O–H groups in total. The second-order valence-corrected chi connectivity index (χ2v) is 12.7. The molecule has 0 aliphatic carbocycles. The van der Waals surface area contributed by atoms with Gasteiger partial charge in [-0.25, -0.2) is 13.4 Å². The van der Waals surface area contributed by atoms with Gasteiger partial charge in [0.2, 0.25) is 10.0 Å². The van der Waals surface area contributed by atoms with E-state index < -0.39 is 16.1 Å². The van der Waals surface area contributed by atoms with E-state index in [4.69, 9.17) is 21.7 Å².